The van der Waals surface area contributed by atoms with E-state index in [1.807, 2.05) is 13.8 Å². The predicted molar refractivity (Wildman–Crippen MR) is 143 cm³/mol. The van der Waals surface area contributed by atoms with E-state index in [9.17, 15) is 0 Å². The molecule has 0 aromatic carbocycles. The van der Waals surface area contributed by atoms with Gasteiger partial charge < -0.3 is 23.4 Å². The standard InChI is InChI=1S/C25H46O5Si3/c1-23(2,3)33(12,13)27-19-20-21-22(30-24(4,5)29-21)25(28-20,15-18-32(9,10)11)26-16-14-17-31(6,7)8/h20-22H,16,19H2,1-13H3/t20-,21-,22-,25-/m1/s1. The van der Waals surface area contributed by atoms with E-state index in [2.05, 4.69) is 96.1 Å². The molecular weight excluding hydrogens is 465 g/mol. The van der Waals surface area contributed by atoms with Crippen molar-refractivity contribution in [3.8, 4) is 22.9 Å². The van der Waals surface area contributed by atoms with E-state index in [1.165, 1.54) is 0 Å². The molecule has 2 saturated heterocycles. The van der Waals surface area contributed by atoms with Gasteiger partial charge in [0.05, 0.1) is 6.61 Å². The Kier molecular flexibility index (Phi) is 8.34. The highest BCUT2D eigenvalue weighted by Gasteiger charge is 2.64. The molecule has 5 nitrogen and oxygen atoms in total. The molecule has 0 unspecified atom stereocenters. The highest BCUT2D eigenvalue weighted by molar-refractivity contribution is 6.84. The van der Waals surface area contributed by atoms with Gasteiger partial charge in [0.25, 0.3) is 5.79 Å². The van der Waals surface area contributed by atoms with Gasteiger partial charge in [-0.25, -0.2) is 0 Å². The summed E-state index contributed by atoms with van der Waals surface area (Å²) in [6.07, 6.45) is -1.10. The van der Waals surface area contributed by atoms with Gasteiger partial charge >= 0.3 is 0 Å². The lowest BCUT2D eigenvalue weighted by molar-refractivity contribution is -0.264. The molecular formula is C25H46O5Si3. The molecule has 0 N–H and O–H groups in total. The Morgan fingerprint density at radius 2 is 1.42 bits per heavy atom. The normalized spacial score (nSPS) is 29.7. The second kappa shape index (κ2) is 9.55. The van der Waals surface area contributed by atoms with Crippen LogP contribution in [0.3, 0.4) is 0 Å². The van der Waals surface area contributed by atoms with Gasteiger partial charge in [-0.3, -0.25) is 0 Å². The van der Waals surface area contributed by atoms with Gasteiger partial charge in [0, 0.05) is 0 Å². The molecule has 188 valence electrons. The Hall–Kier alpha value is -0.429. The molecule has 33 heavy (non-hydrogen) atoms. The van der Waals surface area contributed by atoms with Crippen LogP contribution in [-0.4, -0.2) is 67.6 Å². The third-order valence-electron chi connectivity index (χ3n) is 6.05. The average molecular weight is 511 g/mol. The van der Waals surface area contributed by atoms with Crippen LogP contribution < -0.4 is 0 Å². The van der Waals surface area contributed by atoms with Crippen molar-refractivity contribution in [2.45, 2.75) is 122 Å². The molecule has 0 aromatic rings. The molecule has 0 saturated carbocycles. The maximum absolute atomic E-state index is 6.56. The predicted octanol–water partition coefficient (Wildman–Crippen LogP) is 5.40. The first kappa shape index (κ1) is 28.8. The summed E-state index contributed by atoms with van der Waals surface area (Å²) in [6.45, 7) is 29.0. The summed E-state index contributed by atoms with van der Waals surface area (Å²) in [5, 5.41) is 0.106. The molecule has 0 spiro atoms. The fourth-order valence-electron chi connectivity index (χ4n) is 3.32. The smallest absolute Gasteiger partial charge is 0.264 e. The zero-order valence-corrected chi connectivity index (χ0v) is 26.2. The van der Waals surface area contributed by atoms with Crippen LogP contribution >= 0.6 is 0 Å². The third kappa shape index (κ3) is 7.78. The SMILES string of the molecule is CC1(C)O[C@H]2[C@@H](O1)[C@](C#C[Si](C)(C)C)(OCC#C[Si](C)(C)C)O[C@@H]2CO[Si](C)(C)C(C)(C)C. The van der Waals surface area contributed by atoms with Crippen LogP contribution in [0.1, 0.15) is 34.6 Å². The van der Waals surface area contributed by atoms with Crippen molar-refractivity contribution < 1.29 is 23.4 Å². The number of rotatable bonds is 5. The molecule has 2 heterocycles. The highest BCUT2D eigenvalue weighted by atomic mass is 28.4. The Bertz CT molecular complexity index is 827. The highest BCUT2D eigenvalue weighted by Crippen LogP contribution is 2.45. The van der Waals surface area contributed by atoms with E-state index in [0.29, 0.717) is 6.61 Å². The van der Waals surface area contributed by atoms with Gasteiger partial charge in [0.15, 0.2) is 20.2 Å². The van der Waals surface area contributed by atoms with E-state index in [0.717, 1.165) is 0 Å². The Morgan fingerprint density at radius 3 is 1.94 bits per heavy atom. The van der Waals surface area contributed by atoms with Gasteiger partial charge in [0.1, 0.15) is 35.0 Å². The maximum Gasteiger partial charge on any atom is 0.264 e. The van der Waals surface area contributed by atoms with Gasteiger partial charge in [0.2, 0.25) is 0 Å². The number of hydrogen-bond donors (Lipinski definition) is 0. The van der Waals surface area contributed by atoms with Crippen LogP contribution in [0.25, 0.3) is 0 Å². The summed E-state index contributed by atoms with van der Waals surface area (Å²) in [7, 11) is -5.16. The van der Waals surface area contributed by atoms with E-state index >= 15 is 0 Å². The quantitative estimate of drug-likeness (QED) is 0.366. The lowest BCUT2D eigenvalue weighted by atomic mass is 10.1. The maximum atomic E-state index is 6.56. The molecule has 2 aliphatic heterocycles. The van der Waals surface area contributed by atoms with E-state index in [-0.39, 0.29) is 23.9 Å². The first-order valence-corrected chi connectivity index (χ1v) is 21.9. The Labute approximate surface area is 205 Å². The van der Waals surface area contributed by atoms with Crippen LogP contribution in [0, 0.1) is 22.9 Å². The average Bonchev–Trinajstić information content (AvgIpc) is 3.05. The summed E-state index contributed by atoms with van der Waals surface area (Å²) in [6, 6.07) is 0. The lowest BCUT2D eigenvalue weighted by Crippen LogP contribution is -2.45. The van der Waals surface area contributed by atoms with Crippen LogP contribution in [0.2, 0.25) is 57.4 Å². The number of fused-ring (bicyclic) bond motifs is 1. The van der Waals surface area contributed by atoms with Crippen molar-refractivity contribution in [3.63, 3.8) is 0 Å². The van der Waals surface area contributed by atoms with E-state index in [4.69, 9.17) is 23.4 Å². The van der Waals surface area contributed by atoms with Gasteiger partial charge in [-0.15, -0.1) is 11.1 Å². The first-order valence-electron chi connectivity index (χ1n) is 12.0. The van der Waals surface area contributed by atoms with Crippen molar-refractivity contribution in [2.24, 2.45) is 0 Å². The summed E-state index contributed by atoms with van der Waals surface area (Å²) >= 11 is 0. The van der Waals surface area contributed by atoms with E-state index < -0.39 is 42.1 Å². The first-order chi connectivity index (χ1) is 14.7. The van der Waals surface area contributed by atoms with Crippen LogP contribution in [0.15, 0.2) is 0 Å². The third-order valence-corrected chi connectivity index (χ3v) is 12.3. The molecule has 0 aromatic heterocycles. The zero-order valence-electron chi connectivity index (χ0n) is 23.2. The van der Waals surface area contributed by atoms with Crippen LogP contribution in [0.5, 0.6) is 0 Å². The number of ether oxygens (including phenoxy) is 4. The van der Waals surface area contributed by atoms with Crippen molar-refractivity contribution in [1.82, 2.24) is 0 Å². The zero-order chi connectivity index (χ0) is 25.5. The van der Waals surface area contributed by atoms with Gasteiger partial charge in [-0.05, 0) is 37.9 Å². The van der Waals surface area contributed by atoms with Crippen molar-refractivity contribution in [3.05, 3.63) is 0 Å². The number of hydrogen-bond acceptors (Lipinski definition) is 5. The monoisotopic (exact) mass is 510 g/mol. The minimum atomic E-state index is -1.96. The molecule has 0 radical (unpaired) electrons. The molecule has 0 amide bonds. The van der Waals surface area contributed by atoms with Gasteiger partial charge in [-0.2, -0.15) is 0 Å². The van der Waals surface area contributed by atoms with E-state index in [1.54, 1.807) is 0 Å². The van der Waals surface area contributed by atoms with Gasteiger partial charge in [-0.1, -0.05) is 66.0 Å². The molecule has 0 bridgehead atoms. The summed E-state index contributed by atoms with van der Waals surface area (Å²) in [5.41, 5.74) is 6.81. The van der Waals surface area contributed by atoms with Crippen molar-refractivity contribution in [2.75, 3.05) is 13.2 Å². The molecule has 2 aliphatic rings. The minimum Gasteiger partial charge on any atom is -0.414 e. The summed E-state index contributed by atoms with van der Waals surface area (Å²) < 4.78 is 32.1. The molecule has 0 aliphatic carbocycles. The van der Waals surface area contributed by atoms with Crippen LogP contribution in [-0.2, 0) is 23.4 Å². The largest absolute Gasteiger partial charge is 0.414 e. The fourth-order valence-corrected chi connectivity index (χ4v) is 5.49. The van der Waals surface area contributed by atoms with Crippen molar-refractivity contribution in [1.29, 1.82) is 0 Å². The Balaban J connectivity index is 2.38. The molecule has 4 atom stereocenters. The minimum absolute atomic E-state index is 0.106. The van der Waals surface area contributed by atoms with Crippen molar-refractivity contribution >= 4 is 24.5 Å². The fraction of sp³-hybridized carbons (Fsp3) is 0.840. The lowest BCUT2D eigenvalue weighted by Gasteiger charge is -2.37. The topological polar surface area (TPSA) is 46.2 Å². The summed E-state index contributed by atoms with van der Waals surface area (Å²) in [5.74, 6) is 4.60. The molecule has 2 rings (SSSR count). The second-order valence-electron chi connectivity index (χ2n) is 13.3. The Morgan fingerprint density at radius 1 is 0.848 bits per heavy atom. The molecule has 8 heteroatoms. The van der Waals surface area contributed by atoms with Crippen LogP contribution in [0.4, 0.5) is 0 Å². The summed E-state index contributed by atoms with van der Waals surface area (Å²) in [4.78, 5) is 0. The molecule has 2 fully saturated rings. The second-order valence-corrected chi connectivity index (χ2v) is 27.6.